The van der Waals surface area contributed by atoms with Crippen LogP contribution >= 0.6 is 0 Å². The molecule has 0 amide bonds. The molecule has 0 saturated heterocycles. The Hall–Kier alpha value is -3.21. The molecule has 0 bridgehead atoms. The molecule has 116 valence electrons. The summed E-state index contributed by atoms with van der Waals surface area (Å²) in [5.41, 5.74) is 1.63. The number of carbonyl (C=O) groups excluding carboxylic acids is 1. The van der Waals surface area contributed by atoms with Crippen molar-refractivity contribution in [3.8, 4) is 5.69 Å². The Morgan fingerprint density at radius 1 is 1.35 bits per heavy atom. The van der Waals surface area contributed by atoms with Gasteiger partial charge in [0.1, 0.15) is 0 Å². The van der Waals surface area contributed by atoms with E-state index in [1.807, 2.05) is 30.7 Å². The summed E-state index contributed by atoms with van der Waals surface area (Å²) in [7, 11) is 1.29. The number of hydrogen-bond acceptors (Lipinski definition) is 5. The SMILES string of the molecule is [C-]#[N+]c1nn(C(C)C)c2ccc(-n3ncc(C(=O)OC)n3)cc12. The fourth-order valence-electron chi connectivity index (χ4n) is 2.30. The van der Waals surface area contributed by atoms with Gasteiger partial charge in [0.05, 0.1) is 30.6 Å². The Morgan fingerprint density at radius 3 is 2.78 bits per heavy atom. The highest BCUT2D eigenvalue weighted by Crippen LogP contribution is 2.29. The average molecular weight is 310 g/mol. The fraction of sp³-hybridized carbons (Fsp3) is 0.267. The minimum absolute atomic E-state index is 0.121. The Bertz CT molecular complexity index is 931. The number of fused-ring (bicyclic) bond motifs is 1. The molecule has 8 nitrogen and oxygen atoms in total. The van der Waals surface area contributed by atoms with Crippen LogP contribution in [0.15, 0.2) is 24.4 Å². The van der Waals surface area contributed by atoms with Crippen LogP contribution in [0.25, 0.3) is 21.4 Å². The van der Waals surface area contributed by atoms with Crippen molar-refractivity contribution in [1.29, 1.82) is 0 Å². The van der Waals surface area contributed by atoms with E-state index in [1.165, 1.54) is 18.1 Å². The molecule has 23 heavy (non-hydrogen) atoms. The number of carbonyl (C=O) groups is 1. The summed E-state index contributed by atoms with van der Waals surface area (Å²) in [4.78, 5) is 16.3. The van der Waals surface area contributed by atoms with Gasteiger partial charge in [0.25, 0.3) is 0 Å². The summed E-state index contributed by atoms with van der Waals surface area (Å²) in [5.74, 6) is -0.220. The molecule has 2 heterocycles. The summed E-state index contributed by atoms with van der Waals surface area (Å²) in [5, 5.41) is 13.2. The Kier molecular flexibility index (Phi) is 3.54. The molecule has 0 spiro atoms. The van der Waals surface area contributed by atoms with Crippen molar-refractivity contribution >= 4 is 22.7 Å². The van der Waals surface area contributed by atoms with E-state index in [0.717, 1.165) is 10.9 Å². The quantitative estimate of drug-likeness (QED) is 0.548. The predicted molar refractivity (Wildman–Crippen MR) is 82.6 cm³/mol. The van der Waals surface area contributed by atoms with Crippen molar-refractivity contribution < 1.29 is 9.53 Å². The van der Waals surface area contributed by atoms with Crippen LogP contribution in [0.4, 0.5) is 5.82 Å². The zero-order valence-corrected chi connectivity index (χ0v) is 12.9. The fourth-order valence-corrected chi connectivity index (χ4v) is 2.30. The predicted octanol–water partition coefficient (Wildman–Crippen LogP) is 2.54. The van der Waals surface area contributed by atoms with Gasteiger partial charge in [0.15, 0.2) is 5.69 Å². The number of benzene rings is 1. The van der Waals surface area contributed by atoms with Crippen molar-refractivity contribution in [1.82, 2.24) is 24.8 Å². The van der Waals surface area contributed by atoms with Crippen LogP contribution in [0.5, 0.6) is 0 Å². The molecule has 0 N–H and O–H groups in total. The number of hydrogen-bond donors (Lipinski definition) is 0. The van der Waals surface area contributed by atoms with Gasteiger partial charge >= 0.3 is 11.8 Å². The monoisotopic (exact) mass is 310 g/mol. The number of esters is 1. The van der Waals surface area contributed by atoms with Gasteiger partial charge in [-0.25, -0.2) is 4.79 Å². The highest BCUT2D eigenvalue weighted by Gasteiger charge is 2.17. The third kappa shape index (κ3) is 2.42. The van der Waals surface area contributed by atoms with Crippen LogP contribution in [0, 0.1) is 6.57 Å². The molecule has 3 aromatic rings. The maximum atomic E-state index is 11.5. The average Bonchev–Trinajstić information content (AvgIpc) is 3.18. The van der Waals surface area contributed by atoms with Gasteiger partial charge in [-0.1, -0.05) is 6.57 Å². The maximum Gasteiger partial charge on any atom is 0.360 e. The van der Waals surface area contributed by atoms with E-state index in [4.69, 9.17) is 6.57 Å². The molecule has 2 aromatic heterocycles. The summed E-state index contributed by atoms with van der Waals surface area (Å²) in [6.07, 6.45) is 1.34. The molecule has 0 aliphatic heterocycles. The molecule has 0 unspecified atom stereocenters. The Labute approximate surface area is 132 Å². The molecule has 0 fully saturated rings. The van der Waals surface area contributed by atoms with Gasteiger partial charge in [0, 0.05) is 5.39 Å². The van der Waals surface area contributed by atoms with Crippen LogP contribution in [-0.4, -0.2) is 37.9 Å². The first kappa shape index (κ1) is 14.7. The number of ether oxygens (including phenoxy) is 1. The molecule has 0 atom stereocenters. The van der Waals surface area contributed by atoms with Crippen molar-refractivity contribution in [3.63, 3.8) is 0 Å². The lowest BCUT2D eigenvalue weighted by molar-refractivity contribution is 0.0593. The van der Waals surface area contributed by atoms with E-state index in [2.05, 4.69) is 24.9 Å². The van der Waals surface area contributed by atoms with Crippen LogP contribution in [0.3, 0.4) is 0 Å². The maximum absolute atomic E-state index is 11.5. The summed E-state index contributed by atoms with van der Waals surface area (Å²) >= 11 is 0. The lowest BCUT2D eigenvalue weighted by atomic mass is 10.2. The van der Waals surface area contributed by atoms with Crippen LogP contribution in [0.2, 0.25) is 0 Å². The zero-order valence-electron chi connectivity index (χ0n) is 12.9. The van der Waals surface area contributed by atoms with Crippen LogP contribution in [0.1, 0.15) is 30.4 Å². The second-order valence-corrected chi connectivity index (χ2v) is 5.19. The number of methoxy groups -OCH3 is 1. The minimum atomic E-state index is -0.549. The minimum Gasteiger partial charge on any atom is -0.464 e. The van der Waals surface area contributed by atoms with E-state index >= 15 is 0 Å². The first-order chi connectivity index (χ1) is 11.0. The van der Waals surface area contributed by atoms with Crippen LogP contribution < -0.4 is 0 Å². The van der Waals surface area contributed by atoms with Gasteiger partial charge in [-0.2, -0.15) is 14.6 Å². The van der Waals surface area contributed by atoms with Gasteiger partial charge in [-0.3, -0.25) is 0 Å². The lowest BCUT2D eigenvalue weighted by Crippen LogP contribution is -2.05. The molecule has 0 aliphatic carbocycles. The number of nitrogens with zero attached hydrogens (tertiary/aromatic N) is 6. The van der Waals surface area contributed by atoms with E-state index in [1.54, 1.807) is 6.07 Å². The molecule has 0 aliphatic rings. The molecule has 0 radical (unpaired) electrons. The van der Waals surface area contributed by atoms with E-state index in [-0.39, 0.29) is 11.7 Å². The standard InChI is InChI=1S/C15H14N6O2/c1-9(2)20-13-6-5-10(7-11(13)14(16-3)19-20)21-17-8-12(18-21)15(22)23-4/h5-9H,1-2,4H3. The topological polar surface area (TPSA) is 79.2 Å². The number of aromatic nitrogens is 5. The van der Waals surface area contributed by atoms with Crippen molar-refractivity contribution in [2.24, 2.45) is 0 Å². The largest absolute Gasteiger partial charge is 0.464 e. The first-order valence-corrected chi connectivity index (χ1v) is 6.96. The Balaban J connectivity index is 2.12. The second-order valence-electron chi connectivity index (χ2n) is 5.19. The second kappa shape index (κ2) is 5.53. The Morgan fingerprint density at radius 2 is 2.13 bits per heavy atom. The van der Waals surface area contributed by atoms with Crippen LogP contribution in [-0.2, 0) is 4.74 Å². The summed E-state index contributed by atoms with van der Waals surface area (Å²) in [6, 6.07) is 5.62. The van der Waals surface area contributed by atoms with Crippen molar-refractivity contribution in [2.75, 3.05) is 7.11 Å². The molecular formula is C15H14N6O2. The lowest BCUT2D eigenvalue weighted by Gasteiger charge is -2.04. The third-order valence-corrected chi connectivity index (χ3v) is 3.38. The molecule has 3 rings (SSSR count). The number of rotatable bonds is 3. The van der Waals surface area contributed by atoms with E-state index in [0.29, 0.717) is 11.5 Å². The highest BCUT2D eigenvalue weighted by molar-refractivity contribution is 5.92. The molecule has 1 aromatic carbocycles. The van der Waals surface area contributed by atoms with Gasteiger partial charge in [-0.15, -0.1) is 5.10 Å². The summed E-state index contributed by atoms with van der Waals surface area (Å²) < 4.78 is 6.42. The highest BCUT2D eigenvalue weighted by atomic mass is 16.5. The van der Waals surface area contributed by atoms with E-state index < -0.39 is 5.97 Å². The normalized spacial score (nSPS) is 10.9. The molecule has 0 saturated carbocycles. The van der Waals surface area contributed by atoms with Gasteiger partial charge in [-0.05, 0) is 37.1 Å². The molecule has 8 heteroatoms. The summed E-state index contributed by atoms with van der Waals surface area (Å²) in [6.45, 7) is 11.3. The first-order valence-electron chi connectivity index (χ1n) is 6.96. The van der Waals surface area contributed by atoms with Gasteiger partial charge < -0.3 is 9.58 Å². The van der Waals surface area contributed by atoms with Crippen molar-refractivity contribution in [2.45, 2.75) is 19.9 Å². The van der Waals surface area contributed by atoms with Gasteiger partial charge in [0.2, 0.25) is 0 Å². The van der Waals surface area contributed by atoms with E-state index in [9.17, 15) is 4.79 Å². The van der Waals surface area contributed by atoms with Crippen molar-refractivity contribution in [3.05, 3.63) is 41.5 Å². The molecular weight excluding hydrogens is 296 g/mol. The smallest absolute Gasteiger partial charge is 0.360 e. The zero-order chi connectivity index (χ0) is 16.6. The third-order valence-electron chi connectivity index (χ3n) is 3.38.